The number of thiocarbonyl (C=S) groups is 1. The summed E-state index contributed by atoms with van der Waals surface area (Å²) >= 11 is 4.82. The van der Waals surface area contributed by atoms with Crippen LogP contribution < -0.4 is 5.73 Å². The predicted octanol–water partition coefficient (Wildman–Crippen LogP) is 2.87. The number of nitrogens with two attached hydrogens (primary N) is 1. The SMILES string of the molecule is CCCCCCCC(=O)N(CC)CCC(N)=S. The maximum absolute atomic E-state index is 11.9. The van der Waals surface area contributed by atoms with Gasteiger partial charge in [-0.3, -0.25) is 4.79 Å². The van der Waals surface area contributed by atoms with Gasteiger partial charge in [0.05, 0.1) is 4.99 Å². The van der Waals surface area contributed by atoms with E-state index < -0.39 is 0 Å². The molecule has 2 N–H and O–H groups in total. The van der Waals surface area contributed by atoms with Crippen LogP contribution in [0.15, 0.2) is 0 Å². The monoisotopic (exact) mass is 258 g/mol. The number of nitrogens with zero attached hydrogens (tertiary/aromatic N) is 1. The van der Waals surface area contributed by atoms with Gasteiger partial charge in [-0.05, 0) is 13.3 Å². The molecule has 0 fully saturated rings. The molecular weight excluding hydrogens is 232 g/mol. The molecule has 0 aliphatic carbocycles. The Balaban J connectivity index is 3.72. The molecule has 100 valence electrons. The predicted molar refractivity (Wildman–Crippen MR) is 77.0 cm³/mol. The molecule has 0 saturated heterocycles. The van der Waals surface area contributed by atoms with Crippen molar-refractivity contribution in [3.05, 3.63) is 0 Å². The minimum absolute atomic E-state index is 0.236. The average Bonchev–Trinajstić information content (AvgIpc) is 2.29. The summed E-state index contributed by atoms with van der Waals surface area (Å²) in [4.78, 5) is 14.2. The van der Waals surface area contributed by atoms with Gasteiger partial charge in [-0.1, -0.05) is 44.8 Å². The highest BCUT2D eigenvalue weighted by atomic mass is 32.1. The molecule has 0 aromatic heterocycles. The van der Waals surface area contributed by atoms with Crippen molar-refractivity contribution in [1.82, 2.24) is 4.90 Å². The van der Waals surface area contributed by atoms with E-state index in [1.165, 1.54) is 19.3 Å². The molecule has 3 nitrogen and oxygen atoms in total. The molecule has 0 aliphatic rings. The summed E-state index contributed by atoms with van der Waals surface area (Å²) in [6.07, 6.45) is 7.20. The molecule has 1 amide bonds. The van der Waals surface area contributed by atoms with Crippen LogP contribution in [-0.4, -0.2) is 28.9 Å². The lowest BCUT2D eigenvalue weighted by atomic mass is 10.1. The van der Waals surface area contributed by atoms with Crippen LogP contribution in [0.2, 0.25) is 0 Å². The summed E-state index contributed by atoms with van der Waals surface area (Å²) in [6.45, 7) is 5.60. The topological polar surface area (TPSA) is 46.3 Å². The molecule has 0 saturated carbocycles. The normalized spacial score (nSPS) is 10.2. The Morgan fingerprint density at radius 3 is 2.29 bits per heavy atom. The standard InChI is InChI=1S/C13H26N2OS/c1-3-5-6-7-8-9-13(16)15(4-2)11-10-12(14)17/h3-11H2,1-2H3,(H2,14,17). The van der Waals surface area contributed by atoms with Gasteiger partial charge in [-0.15, -0.1) is 0 Å². The molecule has 0 atom stereocenters. The number of rotatable bonds is 10. The van der Waals surface area contributed by atoms with Crippen molar-refractivity contribution < 1.29 is 4.79 Å². The zero-order chi connectivity index (χ0) is 13.1. The molecule has 0 aromatic rings. The van der Waals surface area contributed by atoms with Crippen LogP contribution in [0.5, 0.6) is 0 Å². The minimum atomic E-state index is 0.236. The van der Waals surface area contributed by atoms with Crippen molar-refractivity contribution in [3.63, 3.8) is 0 Å². The zero-order valence-electron chi connectivity index (χ0n) is 11.2. The largest absolute Gasteiger partial charge is 0.393 e. The van der Waals surface area contributed by atoms with Crippen LogP contribution in [-0.2, 0) is 4.79 Å². The van der Waals surface area contributed by atoms with Crippen molar-refractivity contribution in [2.75, 3.05) is 13.1 Å². The summed E-state index contributed by atoms with van der Waals surface area (Å²) in [5.41, 5.74) is 5.44. The number of hydrogen-bond donors (Lipinski definition) is 1. The maximum Gasteiger partial charge on any atom is 0.222 e. The van der Waals surface area contributed by atoms with Gasteiger partial charge < -0.3 is 10.6 Å². The van der Waals surface area contributed by atoms with Crippen LogP contribution in [0, 0.1) is 0 Å². The van der Waals surface area contributed by atoms with Gasteiger partial charge in [-0.2, -0.15) is 0 Å². The number of amides is 1. The Bertz CT molecular complexity index is 231. The maximum atomic E-state index is 11.9. The van der Waals surface area contributed by atoms with Gasteiger partial charge in [-0.25, -0.2) is 0 Å². The third-order valence-corrected chi connectivity index (χ3v) is 3.06. The van der Waals surface area contributed by atoms with E-state index >= 15 is 0 Å². The first-order chi connectivity index (χ1) is 8.11. The van der Waals surface area contributed by atoms with Gasteiger partial charge >= 0.3 is 0 Å². The van der Waals surface area contributed by atoms with Gasteiger partial charge in [0.25, 0.3) is 0 Å². The lowest BCUT2D eigenvalue weighted by molar-refractivity contribution is -0.131. The van der Waals surface area contributed by atoms with Crippen LogP contribution in [0.3, 0.4) is 0 Å². The highest BCUT2D eigenvalue weighted by Gasteiger charge is 2.10. The lowest BCUT2D eigenvalue weighted by Gasteiger charge is -2.20. The van der Waals surface area contributed by atoms with E-state index in [0.717, 1.165) is 19.4 Å². The molecule has 0 heterocycles. The van der Waals surface area contributed by atoms with Crippen LogP contribution in [0.4, 0.5) is 0 Å². The van der Waals surface area contributed by atoms with Crippen molar-refractivity contribution in [1.29, 1.82) is 0 Å². The summed E-state index contributed by atoms with van der Waals surface area (Å²) in [5, 5.41) is 0. The quantitative estimate of drug-likeness (QED) is 0.484. The van der Waals surface area contributed by atoms with E-state index in [1.54, 1.807) is 0 Å². The Morgan fingerprint density at radius 2 is 1.76 bits per heavy atom. The van der Waals surface area contributed by atoms with E-state index in [-0.39, 0.29) is 5.91 Å². The fourth-order valence-corrected chi connectivity index (χ4v) is 1.83. The molecule has 0 aliphatic heterocycles. The first kappa shape index (κ1) is 16.4. The van der Waals surface area contributed by atoms with Gasteiger partial charge in [0.15, 0.2) is 0 Å². The molecule has 0 unspecified atom stereocenters. The van der Waals surface area contributed by atoms with Crippen molar-refractivity contribution >= 4 is 23.1 Å². The first-order valence-electron chi connectivity index (χ1n) is 6.67. The highest BCUT2D eigenvalue weighted by Crippen LogP contribution is 2.07. The Labute approximate surface area is 111 Å². The van der Waals surface area contributed by atoms with E-state index in [2.05, 4.69) is 6.92 Å². The summed E-state index contributed by atoms with van der Waals surface area (Å²) in [7, 11) is 0. The first-order valence-corrected chi connectivity index (χ1v) is 7.08. The Hall–Kier alpha value is -0.640. The summed E-state index contributed by atoms with van der Waals surface area (Å²) in [6, 6.07) is 0. The number of hydrogen-bond acceptors (Lipinski definition) is 2. The van der Waals surface area contributed by atoms with Gasteiger partial charge in [0, 0.05) is 25.9 Å². The fourth-order valence-electron chi connectivity index (χ4n) is 1.74. The number of carbonyl (C=O) groups is 1. The van der Waals surface area contributed by atoms with Gasteiger partial charge in [0.2, 0.25) is 5.91 Å². The molecule has 17 heavy (non-hydrogen) atoms. The zero-order valence-corrected chi connectivity index (χ0v) is 12.0. The second-order valence-corrected chi connectivity index (χ2v) is 4.88. The van der Waals surface area contributed by atoms with Gasteiger partial charge in [0.1, 0.15) is 0 Å². The number of carbonyl (C=O) groups excluding carboxylic acids is 1. The second kappa shape index (κ2) is 10.5. The third-order valence-electron chi connectivity index (χ3n) is 2.86. The van der Waals surface area contributed by atoms with E-state index in [1.807, 2.05) is 11.8 Å². The van der Waals surface area contributed by atoms with Crippen molar-refractivity contribution in [2.45, 2.75) is 58.8 Å². The molecular formula is C13H26N2OS. The molecule has 0 bridgehead atoms. The van der Waals surface area contributed by atoms with Crippen molar-refractivity contribution in [3.8, 4) is 0 Å². The molecule has 0 aromatic carbocycles. The van der Waals surface area contributed by atoms with E-state index in [0.29, 0.717) is 24.4 Å². The molecule has 0 radical (unpaired) electrons. The summed E-state index contributed by atoms with van der Waals surface area (Å²) < 4.78 is 0. The van der Waals surface area contributed by atoms with E-state index in [9.17, 15) is 4.79 Å². The van der Waals surface area contributed by atoms with Crippen molar-refractivity contribution in [2.24, 2.45) is 5.73 Å². The van der Waals surface area contributed by atoms with Crippen LogP contribution in [0.25, 0.3) is 0 Å². The fraction of sp³-hybridized carbons (Fsp3) is 0.846. The lowest BCUT2D eigenvalue weighted by Crippen LogP contribution is -2.33. The molecule has 4 heteroatoms. The molecule has 0 rings (SSSR count). The smallest absolute Gasteiger partial charge is 0.222 e. The summed E-state index contributed by atoms with van der Waals surface area (Å²) in [5.74, 6) is 0.236. The number of unbranched alkanes of at least 4 members (excludes halogenated alkanes) is 4. The Morgan fingerprint density at radius 1 is 1.12 bits per heavy atom. The van der Waals surface area contributed by atoms with Crippen LogP contribution >= 0.6 is 12.2 Å². The Kier molecular flexibility index (Phi) is 10.1. The third kappa shape index (κ3) is 9.10. The second-order valence-electron chi connectivity index (χ2n) is 4.35. The highest BCUT2D eigenvalue weighted by molar-refractivity contribution is 7.80. The molecule has 0 spiro atoms. The van der Waals surface area contributed by atoms with Crippen LogP contribution in [0.1, 0.15) is 58.8 Å². The van der Waals surface area contributed by atoms with E-state index in [4.69, 9.17) is 18.0 Å². The minimum Gasteiger partial charge on any atom is -0.393 e. The average molecular weight is 258 g/mol.